The van der Waals surface area contributed by atoms with Crippen LogP contribution in [0.4, 0.5) is 13.2 Å². The number of hydrogen-bond donors (Lipinski definition) is 1. The summed E-state index contributed by atoms with van der Waals surface area (Å²) in [5.74, 6) is -2.63. The van der Waals surface area contributed by atoms with Gasteiger partial charge in [-0.15, -0.1) is 11.3 Å². The summed E-state index contributed by atoms with van der Waals surface area (Å²) in [7, 11) is 0. The average Bonchev–Trinajstić information content (AvgIpc) is 2.78. The largest absolute Gasteiger partial charge is 0.306 e. The number of thiophene rings is 1. The minimum atomic E-state index is -0.903. The second kappa shape index (κ2) is 6.41. The third kappa shape index (κ3) is 3.22. The highest BCUT2D eigenvalue weighted by Crippen LogP contribution is 2.30. The molecule has 0 bridgehead atoms. The van der Waals surface area contributed by atoms with Gasteiger partial charge in [0.25, 0.3) is 0 Å². The average molecular weight is 299 g/mol. The lowest BCUT2D eigenvalue weighted by Crippen LogP contribution is -2.25. The van der Waals surface area contributed by atoms with E-state index in [1.54, 1.807) is 0 Å². The monoisotopic (exact) mass is 299 g/mol. The first kappa shape index (κ1) is 15.1. The molecule has 0 aliphatic carbocycles. The van der Waals surface area contributed by atoms with E-state index in [0.717, 1.165) is 29.0 Å². The van der Waals surface area contributed by atoms with Crippen molar-refractivity contribution in [1.82, 2.24) is 5.32 Å². The van der Waals surface area contributed by atoms with E-state index in [4.69, 9.17) is 0 Å². The topological polar surface area (TPSA) is 12.0 Å². The Morgan fingerprint density at radius 2 is 1.80 bits per heavy atom. The minimum absolute atomic E-state index is 0.127. The molecule has 1 aromatic carbocycles. The Balaban J connectivity index is 2.46. The molecule has 1 unspecified atom stereocenters. The van der Waals surface area contributed by atoms with Crippen LogP contribution in [0, 0.1) is 24.4 Å². The van der Waals surface area contributed by atoms with Crippen LogP contribution in [-0.2, 0) is 0 Å². The first-order valence-corrected chi connectivity index (χ1v) is 7.33. The van der Waals surface area contributed by atoms with E-state index in [-0.39, 0.29) is 5.56 Å². The molecule has 0 saturated carbocycles. The molecule has 0 amide bonds. The Morgan fingerprint density at radius 1 is 1.15 bits per heavy atom. The number of halogens is 3. The van der Waals surface area contributed by atoms with E-state index in [0.29, 0.717) is 6.54 Å². The molecule has 0 radical (unpaired) electrons. The van der Waals surface area contributed by atoms with Gasteiger partial charge in [-0.1, -0.05) is 6.92 Å². The molecule has 1 N–H and O–H groups in total. The standard InChI is InChI=1S/C15H16F3NS/c1-3-4-19-15(10-5-9(2)20-8-10)14-12(17)6-11(16)7-13(14)18/h5-8,15,19H,3-4H2,1-2H3. The van der Waals surface area contributed by atoms with Crippen molar-refractivity contribution in [3.05, 3.63) is 57.0 Å². The van der Waals surface area contributed by atoms with Crippen molar-refractivity contribution in [2.24, 2.45) is 0 Å². The van der Waals surface area contributed by atoms with Gasteiger partial charge >= 0.3 is 0 Å². The maximum Gasteiger partial charge on any atom is 0.134 e. The zero-order valence-electron chi connectivity index (χ0n) is 11.3. The summed E-state index contributed by atoms with van der Waals surface area (Å²) >= 11 is 1.52. The fourth-order valence-corrected chi connectivity index (χ4v) is 2.85. The number of hydrogen-bond acceptors (Lipinski definition) is 2. The summed E-state index contributed by atoms with van der Waals surface area (Å²) in [6, 6.07) is 2.73. The van der Waals surface area contributed by atoms with E-state index in [2.05, 4.69) is 5.32 Å². The third-order valence-electron chi connectivity index (χ3n) is 3.02. The summed E-state index contributed by atoms with van der Waals surface area (Å²) in [6.45, 7) is 4.53. The molecule has 1 heterocycles. The molecule has 1 atom stereocenters. The molecular formula is C15H16F3NS. The van der Waals surface area contributed by atoms with Gasteiger partial charge in [0.2, 0.25) is 0 Å². The van der Waals surface area contributed by atoms with Crippen molar-refractivity contribution < 1.29 is 13.2 Å². The molecule has 5 heteroatoms. The Bertz CT molecular complexity index is 572. The van der Waals surface area contributed by atoms with Gasteiger partial charge in [0.05, 0.1) is 6.04 Å². The molecule has 108 valence electrons. The van der Waals surface area contributed by atoms with Crippen LogP contribution in [0.2, 0.25) is 0 Å². The number of aryl methyl sites for hydroxylation is 1. The quantitative estimate of drug-likeness (QED) is 0.853. The van der Waals surface area contributed by atoms with Crippen molar-refractivity contribution in [1.29, 1.82) is 0 Å². The third-order valence-corrected chi connectivity index (χ3v) is 3.89. The molecule has 0 aliphatic rings. The van der Waals surface area contributed by atoms with Crippen LogP contribution in [0.1, 0.15) is 35.4 Å². The highest BCUT2D eigenvalue weighted by atomic mass is 32.1. The molecule has 0 spiro atoms. The second-order valence-electron chi connectivity index (χ2n) is 4.66. The molecule has 2 aromatic rings. The predicted molar refractivity (Wildman–Crippen MR) is 75.5 cm³/mol. The van der Waals surface area contributed by atoms with Crippen LogP contribution in [0.15, 0.2) is 23.6 Å². The summed E-state index contributed by atoms with van der Waals surface area (Å²) in [5.41, 5.74) is 0.669. The van der Waals surface area contributed by atoms with Gasteiger partial charge in [-0.05, 0) is 36.9 Å². The predicted octanol–water partition coefficient (Wildman–Crippen LogP) is 4.56. The SMILES string of the molecule is CCCNC(c1csc(C)c1)c1c(F)cc(F)cc1F. The van der Waals surface area contributed by atoms with Crippen LogP contribution in [0.5, 0.6) is 0 Å². The Kier molecular flexibility index (Phi) is 4.83. The number of benzene rings is 1. The normalized spacial score (nSPS) is 12.7. The summed E-state index contributed by atoms with van der Waals surface area (Å²) in [4.78, 5) is 1.06. The zero-order chi connectivity index (χ0) is 14.7. The first-order chi connectivity index (χ1) is 9.52. The van der Waals surface area contributed by atoms with Gasteiger partial charge in [-0.3, -0.25) is 0 Å². The van der Waals surface area contributed by atoms with Gasteiger partial charge in [-0.25, -0.2) is 13.2 Å². The molecule has 0 aliphatic heterocycles. The van der Waals surface area contributed by atoms with E-state index in [9.17, 15) is 13.2 Å². The van der Waals surface area contributed by atoms with Crippen LogP contribution < -0.4 is 5.32 Å². The lowest BCUT2D eigenvalue weighted by atomic mass is 9.99. The highest BCUT2D eigenvalue weighted by molar-refractivity contribution is 7.10. The van der Waals surface area contributed by atoms with Gasteiger partial charge in [0.1, 0.15) is 17.5 Å². The summed E-state index contributed by atoms with van der Waals surface area (Å²) < 4.78 is 41.0. The molecular weight excluding hydrogens is 283 g/mol. The number of rotatable bonds is 5. The molecule has 1 aromatic heterocycles. The molecule has 0 saturated heterocycles. The Labute approximate surface area is 120 Å². The van der Waals surface area contributed by atoms with Gasteiger partial charge in [0, 0.05) is 22.6 Å². The zero-order valence-corrected chi connectivity index (χ0v) is 12.2. The minimum Gasteiger partial charge on any atom is -0.306 e. The fraction of sp³-hybridized carbons (Fsp3) is 0.333. The number of nitrogens with one attached hydrogen (secondary N) is 1. The van der Waals surface area contributed by atoms with E-state index < -0.39 is 23.5 Å². The van der Waals surface area contributed by atoms with Gasteiger partial charge in [0.15, 0.2) is 0 Å². The first-order valence-electron chi connectivity index (χ1n) is 6.45. The van der Waals surface area contributed by atoms with Crippen molar-refractivity contribution >= 4 is 11.3 Å². The van der Waals surface area contributed by atoms with Crippen LogP contribution in [-0.4, -0.2) is 6.54 Å². The fourth-order valence-electron chi connectivity index (χ4n) is 2.12. The molecule has 2 rings (SSSR count). The molecule has 1 nitrogen and oxygen atoms in total. The van der Waals surface area contributed by atoms with Crippen molar-refractivity contribution in [2.75, 3.05) is 6.54 Å². The maximum atomic E-state index is 14.0. The Morgan fingerprint density at radius 3 is 2.30 bits per heavy atom. The van der Waals surface area contributed by atoms with E-state index >= 15 is 0 Å². The van der Waals surface area contributed by atoms with Gasteiger partial charge in [-0.2, -0.15) is 0 Å². The smallest absolute Gasteiger partial charge is 0.134 e. The highest BCUT2D eigenvalue weighted by Gasteiger charge is 2.23. The molecule has 20 heavy (non-hydrogen) atoms. The second-order valence-corrected chi connectivity index (χ2v) is 5.78. The van der Waals surface area contributed by atoms with Crippen molar-refractivity contribution in [3.63, 3.8) is 0 Å². The van der Waals surface area contributed by atoms with Crippen LogP contribution in [0.3, 0.4) is 0 Å². The summed E-state index contributed by atoms with van der Waals surface area (Å²) in [5, 5.41) is 4.99. The lowest BCUT2D eigenvalue weighted by Gasteiger charge is -2.19. The summed E-state index contributed by atoms with van der Waals surface area (Å²) in [6.07, 6.45) is 0.837. The van der Waals surface area contributed by atoms with Crippen molar-refractivity contribution in [2.45, 2.75) is 26.3 Å². The van der Waals surface area contributed by atoms with E-state index in [1.807, 2.05) is 25.3 Å². The van der Waals surface area contributed by atoms with Crippen LogP contribution >= 0.6 is 11.3 Å². The molecule has 0 fully saturated rings. The maximum absolute atomic E-state index is 14.0. The van der Waals surface area contributed by atoms with Gasteiger partial charge < -0.3 is 5.32 Å². The van der Waals surface area contributed by atoms with Crippen molar-refractivity contribution in [3.8, 4) is 0 Å². The Hall–Kier alpha value is -1.33. The van der Waals surface area contributed by atoms with Crippen LogP contribution in [0.25, 0.3) is 0 Å². The lowest BCUT2D eigenvalue weighted by molar-refractivity contribution is 0.487. The van der Waals surface area contributed by atoms with E-state index in [1.165, 1.54) is 11.3 Å².